The normalized spacial score (nSPS) is 29.4. The Morgan fingerprint density at radius 1 is 1.24 bits per heavy atom. The quantitative estimate of drug-likeness (QED) is 0.198. The van der Waals surface area contributed by atoms with Crippen LogP contribution in [0.15, 0.2) is 29.0 Å². The number of carbonyl (C=O) groups is 3. The average Bonchev–Trinajstić information content (AvgIpc) is 2.81. The Kier molecular flexibility index (Phi) is 6.26. The molecule has 0 heterocycles. The van der Waals surface area contributed by atoms with Crippen molar-refractivity contribution in [2.75, 3.05) is 0 Å². The van der Waals surface area contributed by atoms with Crippen LogP contribution in [0.1, 0.15) is 69.1 Å². The third-order valence-corrected chi connectivity index (χ3v) is 8.35. The van der Waals surface area contributed by atoms with Crippen LogP contribution in [0, 0.1) is 24.2 Å². The molecule has 1 fully saturated rings. The first-order valence-corrected chi connectivity index (χ1v) is 12.2. The van der Waals surface area contributed by atoms with Gasteiger partial charge < -0.3 is 31.3 Å². The van der Waals surface area contributed by atoms with E-state index in [1.807, 2.05) is 13.8 Å². The van der Waals surface area contributed by atoms with Crippen molar-refractivity contribution in [3.63, 3.8) is 0 Å². The van der Waals surface area contributed by atoms with E-state index < -0.39 is 81.4 Å². The second-order valence-electron chi connectivity index (χ2n) is 10.9. The second-order valence-corrected chi connectivity index (χ2v) is 10.9. The first-order chi connectivity index (χ1) is 17.2. The van der Waals surface area contributed by atoms with Crippen LogP contribution in [0.4, 0.5) is 0 Å². The first-order valence-electron chi connectivity index (χ1n) is 12.2. The smallest absolute Gasteiger partial charge is 0.255 e. The minimum atomic E-state index is -2.85. The fourth-order valence-electron chi connectivity index (χ4n) is 6.31. The van der Waals surface area contributed by atoms with Crippen LogP contribution in [-0.2, 0) is 19.8 Å². The van der Waals surface area contributed by atoms with Gasteiger partial charge >= 0.3 is 0 Å². The molecule has 7 N–H and O–H groups in total. The molecule has 0 spiro atoms. The highest BCUT2D eigenvalue weighted by Crippen LogP contribution is 2.56. The van der Waals surface area contributed by atoms with Crippen LogP contribution in [-0.4, -0.2) is 54.7 Å². The van der Waals surface area contributed by atoms with E-state index >= 15 is 0 Å². The lowest BCUT2D eigenvalue weighted by Gasteiger charge is -2.50. The van der Waals surface area contributed by atoms with Gasteiger partial charge in [0.25, 0.3) is 5.91 Å². The van der Waals surface area contributed by atoms with Crippen molar-refractivity contribution >= 4 is 23.2 Å². The second kappa shape index (κ2) is 8.75. The number of primary amides is 1. The van der Waals surface area contributed by atoms with Crippen LogP contribution in [0.5, 0.6) is 5.75 Å². The molecule has 37 heavy (non-hydrogen) atoms. The Bertz CT molecular complexity index is 1330. The number of Topliss-reactive ketones (excluding diaryl/α,β-unsaturated/α-hetero) is 2. The lowest BCUT2D eigenvalue weighted by molar-refractivity contribution is -0.160. The number of phenols is 1. The number of unbranched alkanes of at least 4 members (excludes halogenated alkanes) is 1. The molecule has 9 heteroatoms. The lowest BCUT2D eigenvalue weighted by Crippen LogP contribution is -2.63. The molecule has 1 aromatic carbocycles. The molecule has 0 radical (unpaired) electrons. The van der Waals surface area contributed by atoms with E-state index in [1.54, 1.807) is 19.1 Å². The molecular formula is C28H31NO8. The summed E-state index contributed by atoms with van der Waals surface area (Å²) in [5.41, 5.74) is 1.49. The number of fused-ring (bicyclic) bond motifs is 3. The number of ketones is 2. The molecule has 0 saturated heterocycles. The first kappa shape index (κ1) is 26.5. The molecule has 5 atom stereocenters. The van der Waals surface area contributed by atoms with Gasteiger partial charge in [0.15, 0.2) is 11.4 Å². The number of nitrogens with two attached hydrogens (primary N) is 1. The van der Waals surface area contributed by atoms with Gasteiger partial charge in [0, 0.05) is 35.8 Å². The van der Waals surface area contributed by atoms with Gasteiger partial charge in [-0.1, -0.05) is 32.9 Å². The van der Waals surface area contributed by atoms with E-state index in [1.165, 1.54) is 0 Å². The number of hydrogen-bond donors (Lipinski definition) is 6. The number of amides is 1. The van der Waals surface area contributed by atoms with E-state index in [0.29, 0.717) is 30.4 Å². The van der Waals surface area contributed by atoms with E-state index in [2.05, 4.69) is 5.92 Å². The molecular weight excluding hydrogens is 478 g/mol. The van der Waals surface area contributed by atoms with Crippen molar-refractivity contribution in [2.45, 2.75) is 69.5 Å². The van der Waals surface area contributed by atoms with Gasteiger partial charge in [-0.2, -0.15) is 0 Å². The molecule has 3 aliphatic carbocycles. The lowest BCUT2D eigenvalue weighted by atomic mass is 9.55. The number of rotatable bonds is 5. The van der Waals surface area contributed by atoms with Gasteiger partial charge in [0.05, 0.1) is 11.7 Å². The number of carbonyl (C=O) groups excluding carboxylic acids is 3. The van der Waals surface area contributed by atoms with Gasteiger partial charge in [-0.3, -0.25) is 14.4 Å². The number of terminal acetylenes is 1. The molecule has 9 nitrogen and oxygen atoms in total. The molecule has 0 bridgehead atoms. The number of aliphatic hydroxyl groups is 4. The van der Waals surface area contributed by atoms with Crippen molar-refractivity contribution in [1.82, 2.24) is 0 Å². The Morgan fingerprint density at radius 3 is 2.49 bits per heavy atom. The van der Waals surface area contributed by atoms with Crippen LogP contribution in [0.3, 0.4) is 0 Å². The summed E-state index contributed by atoms with van der Waals surface area (Å²) in [5.74, 6) is -6.06. The van der Waals surface area contributed by atoms with Gasteiger partial charge in [-0.15, -0.1) is 12.3 Å². The predicted molar refractivity (Wildman–Crippen MR) is 133 cm³/mol. The minimum Gasteiger partial charge on any atom is -0.508 e. The van der Waals surface area contributed by atoms with E-state index in [9.17, 15) is 39.9 Å². The molecule has 1 aromatic rings. The van der Waals surface area contributed by atoms with Crippen molar-refractivity contribution < 1.29 is 39.9 Å². The summed E-state index contributed by atoms with van der Waals surface area (Å²) >= 11 is 0. The molecule has 0 unspecified atom stereocenters. The predicted octanol–water partition coefficient (Wildman–Crippen LogP) is 2.04. The summed E-state index contributed by atoms with van der Waals surface area (Å²) in [6, 6.07) is 3.46. The SMILES string of the molecule is C#CCCCC(C)(C)c1ccc2c(c1O)C(O)=C1C(=O)[C@]3(O)C(O)=C(C(N)=O)C(=O)C[C@@H]3[C@@H](O)[C@@H]1[C@H]2C. The molecule has 0 aliphatic heterocycles. The van der Waals surface area contributed by atoms with Gasteiger partial charge in [-0.25, -0.2) is 0 Å². The van der Waals surface area contributed by atoms with Crippen LogP contribution in [0.25, 0.3) is 5.76 Å². The standard InChI is InChI=1S/C28H31NO8/c1-5-6-7-10-27(3,4)14-9-8-13-12(2)17-20(23(33)18(13)21(14)31)25(35)28(37)15(22(17)32)11-16(30)19(24(28)34)26(29)36/h1,8-9,12,15,17,22,31-34,37H,6-7,10-11H2,2-4H3,(H2,29,36)/t12-,15+,17+,22+,28+/m0/s1. The van der Waals surface area contributed by atoms with Crippen molar-refractivity contribution in [1.29, 1.82) is 0 Å². The maximum atomic E-state index is 13.7. The Labute approximate surface area is 214 Å². The summed E-state index contributed by atoms with van der Waals surface area (Å²) in [5, 5.41) is 56.1. The number of aliphatic hydroxyl groups excluding tert-OH is 3. The zero-order valence-electron chi connectivity index (χ0n) is 20.9. The van der Waals surface area contributed by atoms with Crippen LogP contribution >= 0.6 is 0 Å². The summed E-state index contributed by atoms with van der Waals surface area (Å²) in [7, 11) is 0. The van der Waals surface area contributed by atoms with Gasteiger partial charge in [-0.05, 0) is 29.7 Å². The molecule has 1 saturated carbocycles. The topological polar surface area (TPSA) is 178 Å². The molecule has 1 amide bonds. The van der Waals surface area contributed by atoms with Crippen molar-refractivity contribution in [2.24, 2.45) is 17.6 Å². The Hall–Kier alpha value is -3.61. The zero-order valence-corrected chi connectivity index (χ0v) is 20.9. The summed E-state index contributed by atoms with van der Waals surface area (Å²) in [6.07, 6.45) is 5.11. The number of aromatic hydroxyl groups is 1. The van der Waals surface area contributed by atoms with Gasteiger partial charge in [0.1, 0.15) is 22.8 Å². The highest BCUT2D eigenvalue weighted by atomic mass is 16.4. The Morgan fingerprint density at radius 2 is 1.89 bits per heavy atom. The van der Waals surface area contributed by atoms with Crippen LogP contribution < -0.4 is 5.73 Å². The molecule has 3 aliphatic rings. The van der Waals surface area contributed by atoms with E-state index in [4.69, 9.17) is 12.2 Å². The summed E-state index contributed by atoms with van der Waals surface area (Å²) < 4.78 is 0. The zero-order chi connectivity index (χ0) is 27.6. The fourth-order valence-corrected chi connectivity index (χ4v) is 6.31. The largest absolute Gasteiger partial charge is 0.508 e. The maximum Gasteiger partial charge on any atom is 0.255 e. The van der Waals surface area contributed by atoms with E-state index in [-0.39, 0.29) is 11.3 Å². The molecule has 0 aromatic heterocycles. The third kappa shape index (κ3) is 3.58. The maximum absolute atomic E-state index is 13.7. The van der Waals surface area contributed by atoms with Crippen molar-refractivity contribution in [3.05, 3.63) is 45.7 Å². The van der Waals surface area contributed by atoms with Crippen LogP contribution in [0.2, 0.25) is 0 Å². The third-order valence-electron chi connectivity index (χ3n) is 8.35. The monoisotopic (exact) mass is 509 g/mol. The number of hydrogen-bond acceptors (Lipinski definition) is 8. The van der Waals surface area contributed by atoms with E-state index in [0.717, 1.165) is 0 Å². The number of benzene rings is 1. The molecule has 196 valence electrons. The van der Waals surface area contributed by atoms with Crippen molar-refractivity contribution in [3.8, 4) is 18.1 Å². The minimum absolute atomic E-state index is 0.00523. The Balaban J connectivity index is 1.93. The van der Waals surface area contributed by atoms with Gasteiger partial charge in [0.2, 0.25) is 5.78 Å². The summed E-state index contributed by atoms with van der Waals surface area (Å²) in [4.78, 5) is 38.1. The molecule has 4 rings (SSSR count). The highest BCUT2D eigenvalue weighted by Gasteiger charge is 2.64. The summed E-state index contributed by atoms with van der Waals surface area (Å²) in [6.45, 7) is 5.53. The fraction of sp³-hybridized carbons (Fsp3) is 0.464. The number of phenolic OH excluding ortho intramolecular Hbond substituents is 1. The highest BCUT2D eigenvalue weighted by molar-refractivity contribution is 6.23. The average molecular weight is 510 g/mol.